The molecule has 1 amide bonds. The van der Waals surface area contributed by atoms with Crippen LogP contribution in [0.25, 0.3) is 16.7 Å². The molecule has 0 aliphatic carbocycles. The average molecular weight is 439 g/mol. The van der Waals surface area contributed by atoms with E-state index in [4.69, 9.17) is 4.98 Å². The molecule has 0 bridgehead atoms. The molecule has 1 atom stereocenters. The predicted octanol–water partition coefficient (Wildman–Crippen LogP) is 2.01. The molecule has 8 nitrogen and oxygen atoms in total. The van der Waals surface area contributed by atoms with Crippen molar-refractivity contribution in [2.24, 2.45) is 0 Å². The number of hydrogen-bond acceptors (Lipinski definition) is 6. The highest BCUT2D eigenvalue weighted by Crippen LogP contribution is 2.34. The summed E-state index contributed by atoms with van der Waals surface area (Å²) in [5.74, 6) is 0.801. The molecule has 0 N–H and O–H groups in total. The standard InChI is InChI=1S/C22H26N6O2S/c1-14-4-5-18(15(2)10-14)28-20-17(12-23-28)21(30)27-16(13-31-22(27)24-20)11-19(29)26-8-6-25(3)7-9-26/h4-5,10,12,16H,6-9,11,13H2,1-3H3. The van der Waals surface area contributed by atoms with E-state index < -0.39 is 0 Å². The summed E-state index contributed by atoms with van der Waals surface area (Å²) in [6, 6.07) is 5.97. The van der Waals surface area contributed by atoms with Gasteiger partial charge in [0.1, 0.15) is 5.39 Å². The topological polar surface area (TPSA) is 76.3 Å². The van der Waals surface area contributed by atoms with Crippen LogP contribution in [0.1, 0.15) is 23.6 Å². The molecule has 2 aromatic heterocycles. The summed E-state index contributed by atoms with van der Waals surface area (Å²) in [6.45, 7) is 7.36. The highest BCUT2D eigenvalue weighted by Gasteiger charge is 2.31. The van der Waals surface area contributed by atoms with Crippen LogP contribution in [0, 0.1) is 13.8 Å². The molecule has 1 unspecified atom stereocenters. The lowest BCUT2D eigenvalue weighted by atomic mass is 10.1. The molecule has 1 saturated heterocycles. The molecule has 1 aromatic carbocycles. The normalized spacial score (nSPS) is 19.2. The molecule has 1 fully saturated rings. The summed E-state index contributed by atoms with van der Waals surface area (Å²) in [5.41, 5.74) is 3.63. The molecule has 2 aliphatic heterocycles. The third-order valence-electron chi connectivity index (χ3n) is 6.22. The largest absolute Gasteiger partial charge is 0.340 e. The summed E-state index contributed by atoms with van der Waals surface area (Å²) in [5, 5.41) is 5.63. The predicted molar refractivity (Wildman–Crippen MR) is 121 cm³/mol. The van der Waals surface area contributed by atoms with E-state index in [1.54, 1.807) is 15.4 Å². The Morgan fingerprint density at radius 2 is 1.97 bits per heavy atom. The van der Waals surface area contributed by atoms with Crippen molar-refractivity contribution in [3.8, 4) is 5.69 Å². The van der Waals surface area contributed by atoms with Crippen molar-refractivity contribution in [1.82, 2.24) is 29.1 Å². The molecule has 31 heavy (non-hydrogen) atoms. The van der Waals surface area contributed by atoms with E-state index in [1.807, 2.05) is 24.0 Å². The van der Waals surface area contributed by atoms with E-state index in [2.05, 4.69) is 30.0 Å². The maximum absolute atomic E-state index is 13.3. The summed E-state index contributed by atoms with van der Waals surface area (Å²) in [4.78, 5) is 35.1. The van der Waals surface area contributed by atoms with Gasteiger partial charge in [0, 0.05) is 38.4 Å². The summed E-state index contributed by atoms with van der Waals surface area (Å²) < 4.78 is 3.45. The van der Waals surface area contributed by atoms with E-state index in [-0.39, 0.29) is 17.5 Å². The first kappa shape index (κ1) is 20.3. The van der Waals surface area contributed by atoms with Crippen LogP contribution in [-0.2, 0) is 4.79 Å². The zero-order chi connectivity index (χ0) is 21.7. The zero-order valence-corrected chi connectivity index (χ0v) is 18.9. The fourth-order valence-electron chi connectivity index (χ4n) is 4.39. The number of carbonyl (C=O) groups is 1. The van der Waals surface area contributed by atoms with Gasteiger partial charge >= 0.3 is 0 Å². The maximum Gasteiger partial charge on any atom is 0.265 e. The van der Waals surface area contributed by atoms with Gasteiger partial charge < -0.3 is 9.80 Å². The van der Waals surface area contributed by atoms with Crippen LogP contribution in [0.3, 0.4) is 0 Å². The minimum Gasteiger partial charge on any atom is -0.340 e. The summed E-state index contributed by atoms with van der Waals surface area (Å²) in [7, 11) is 2.07. The minimum absolute atomic E-state index is 0.114. The fourth-order valence-corrected chi connectivity index (χ4v) is 5.52. The molecule has 2 aliphatic rings. The number of benzene rings is 1. The molecule has 0 radical (unpaired) electrons. The second kappa shape index (κ2) is 7.80. The number of likely N-dealkylation sites (N-methyl/N-ethyl adjacent to an activating group) is 1. The number of nitrogens with zero attached hydrogens (tertiary/aromatic N) is 6. The fraction of sp³-hybridized carbons (Fsp3) is 0.455. The third-order valence-corrected chi connectivity index (χ3v) is 7.31. The number of piperazine rings is 1. The molecule has 9 heteroatoms. The highest BCUT2D eigenvalue weighted by atomic mass is 32.2. The van der Waals surface area contributed by atoms with Crippen LogP contribution in [0.2, 0.25) is 0 Å². The highest BCUT2D eigenvalue weighted by molar-refractivity contribution is 7.99. The molecular weight excluding hydrogens is 412 g/mol. The Kier molecular flexibility index (Phi) is 5.10. The first-order valence-electron chi connectivity index (χ1n) is 10.6. The van der Waals surface area contributed by atoms with Gasteiger partial charge in [-0.3, -0.25) is 14.2 Å². The van der Waals surface area contributed by atoms with E-state index >= 15 is 0 Å². The van der Waals surface area contributed by atoms with Crippen molar-refractivity contribution >= 4 is 28.7 Å². The molecular formula is C22H26N6O2S. The van der Waals surface area contributed by atoms with Gasteiger partial charge in [0.05, 0.1) is 17.9 Å². The van der Waals surface area contributed by atoms with Crippen molar-refractivity contribution in [1.29, 1.82) is 0 Å². The van der Waals surface area contributed by atoms with Gasteiger partial charge in [-0.1, -0.05) is 29.5 Å². The number of rotatable bonds is 3. The van der Waals surface area contributed by atoms with Crippen molar-refractivity contribution < 1.29 is 4.79 Å². The number of amides is 1. The Morgan fingerprint density at radius 3 is 2.71 bits per heavy atom. The Labute approximate surface area is 184 Å². The van der Waals surface area contributed by atoms with Crippen LogP contribution in [0.5, 0.6) is 0 Å². The SMILES string of the molecule is Cc1ccc(-n2ncc3c(=O)n4c(nc32)SCC4CC(=O)N2CCN(C)CC2)c(C)c1. The molecule has 4 heterocycles. The van der Waals surface area contributed by atoms with Crippen LogP contribution >= 0.6 is 11.8 Å². The summed E-state index contributed by atoms with van der Waals surface area (Å²) in [6.07, 6.45) is 1.93. The van der Waals surface area contributed by atoms with Crippen LogP contribution in [0.15, 0.2) is 34.3 Å². The Balaban J connectivity index is 1.47. The van der Waals surface area contributed by atoms with E-state index in [0.29, 0.717) is 28.4 Å². The van der Waals surface area contributed by atoms with Gasteiger partial charge in [0.2, 0.25) is 5.91 Å². The minimum atomic E-state index is -0.166. The van der Waals surface area contributed by atoms with Crippen molar-refractivity contribution in [2.45, 2.75) is 31.5 Å². The number of hydrogen-bond donors (Lipinski definition) is 0. The van der Waals surface area contributed by atoms with Gasteiger partial charge in [-0.15, -0.1) is 0 Å². The zero-order valence-electron chi connectivity index (χ0n) is 18.0. The van der Waals surface area contributed by atoms with Crippen molar-refractivity contribution in [3.63, 3.8) is 0 Å². The second-order valence-electron chi connectivity index (χ2n) is 8.51. The molecule has 3 aromatic rings. The number of thioether (sulfide) groups is 1. The van der Waals surface area contributed by atoms with E-state index in [0.717, 1.165) is 37.4 Å². The first-order chi connectivity index (χ1) is 14.9. The lowest BCUT2D eigenvalue weighted by Crippen LogP contribution is -2.47. The van der Waals surface area contributed by atoms with Gasteiger partial charge in [-0.05, 0) is 32.5 Å². The van der Waals surface area contributed by atoms with Crippen LogP contribution < -0.4 is 5.56 Å². The van der Waals surface area contributed by atoms with Gasteiger partial charge in [0.25, 0.3) is 5.56 Å². The monoisotopic (exact) mass is 438 g/mol. The molecule has 0 saturated carbocycles. The van der Waals surface area contributed by atoms with E-state index in [1.165, 1.54) is 17.3 Å². The molecule has 0 spiro atoms. The number of aromatic nitrogens is 4. The Hall–Kier alpha value is -2.65. The Bertz CT molecular complexity index is 1220. The van der Waals surface area contributed by atoms with Crippen molar-refractivity contribution in [2.75, 3.05) is 39.0 Å². The second-order valence-corrected chi connectivity index (χ2v) is 9.49. The smallest absolute Gasteiger partial charge is 0.265 e. The molecule has 5 rings (SSSR count). The quantitative estimate of drug-likeness (QED) is 0.583. The first-order valence-corrected chi connectivity index (χ1v) is 11.6. The number of aryl methyl sites for hydroxylation is 2. The molecule has 162 valence electrons. The number of carbonyl (C=O) groups excluding carboxylic acids is 1. The number of fused-ring (bicyclic) bond motifs is 2. The van der Waals surface area contributed by atoms with Gasteiger partial charge in [0.15, 0.2) is 10.8 Å². The van der Waals surface area contributed by atoms with Gasteiger partial charge in [-0.2, -0.15) is 5.10 Å². The van der Waals surface area contributed by atoms with Crippen molar-refractivity contribution in [3.05, 3.63) is 45.9 Å². The third kappa shape index (κ3) is 3.55. The Morgan fingerprint density at radius 1 is 1.19 bits per heavy atom. The maximum atomic E-state index is 13.3. The van der Waals surface area contributed by atoms with Crippen LogP contribution in [-0.4, -0.2) is 74.0 Å². The van der Waals surface area contributed by atoms with Gasteiger partial charge in [-0.25, -0.2) is 9.67 Å². The van der Waals surface area contributed by atoms with Crippen LogP contribution in [0.4, 0.5) is 0 Å². The lowest BCUT2D eigenvalue weighted by Gasteiger charge is -2.33. The lowest BCUT2D eigenvalue weighted by molar-refractivity contribution is -0.133. The summed E-state index contributed by atoms with van der Waals surface area (Å²) >= 11 is 1.54. The van der Waals surface area contributed by atoms with E-state index in [9.17, 15) is 9.59 Å². The average Bonchev–Trinajstić information content (AvgIpc) is 3.34.